The van der Waals surface area contributed by atoms with Crippen molar-refractivity contribution in [1.82, 2.24) is 0 Å². The summed E-state index contributed by atoms with van der Waals surface area (Å²) < 4.78 is 32.7. The second-order valence-electron chi connectivity index (χ2n) is 10.7. The van der Waals surface area contributed by atoms with E-state index < -0.39 is 80.6 Å². The number of methoxy groups -OCH3 is 1. The molecule has 10 unspecified atom stereocenters. The number of hydrogen-bond acceptors (Lipinski definition) is 16. The summed E-state index contributed by atoms with van der Waals surface area (Å²) >= 11 is 0. The number of aliphatic hydroxyl groups is 6. The lowest BCUT2D eigenvalue weighted by Crippen LogP contribution is -2.65. The van der Waals surface area contributed by atoms with E-state index in [1.165, 1.54) is 49.6 Å². The van der Waals surface area contributed by atoms with Crippen molar-refractivity contribution < 1.29 is 79.2 Å². The van der Waals surface area contributed by atoms with Crippen LogP contribution in [0.1, 0.15) is 11.1 Å². The van der Waals surface area contributed by atoms with Crippen LogP contribution in [-0.4, -0.2) is 140 Å². The molecule has 0 amide bonds. The van der Waals surface area contributed by atoms with Crippen LogP contribution in [0.5, 0.6) is 23.0 Å². The Labute approximate surface area is 262 Å². The normalized spacial score (nSPS) is 31.5. The lowest BCUT2D eigenvalue weighted by atomic mass is 9.97. The highest BCUT2D eigenvalue weighted by atomic mass is 16.7. The molecule has 2 aliphatic heterocycles. The molecule has 0 aliphatic carbocycles. The summed E-state index contributed by atoms with van der Waals surface area (Å²) in [6, 6.07) is 8.52. The van der Waals surface area contributed by atoms with Crippen LogP contribution >= 0.6 is 0 Å². The first-order valence-corrected chi connectivity index (χ1v) is 14.2. The standard InChI is InChI=1S/C30H38O16/c1-41-19-11-14(3-6-17(19)33)4-7-22(35)43-13-21-24(37)28(46-30-26(39)25(38)23(36)20(12-31)44-30)27(40)29(45-21)42-9-8-15-2-5-16(32)18(34)10-15/h2-7,10-11,20-21,23-34,36-40H,8-9,12-13H2,1H3. The highest BCUT2D eigenvalue weighted by molar-refractivity contribution is 5.87. The fraction of sp³-hybridized carbons (Fsp3) is 0.500. The molecule has 2 aliphatic rings. The molecule has 16 heteroatoms. The summed E-state index contributed by atoms with van der Waals surface area (Å²) in [5, 5.41) is 91.3. The molecule has 0 saturated carbocycles. The van der Waals surface area contributed by atoms with Crippen LogP contribution in [0.15, 0.2) is 42.5 Å². The van der Waals surface area contributed by atoms with Crippen molar-refractivity contribution in [3.05, 3.63) is 53.6 Å². The molecule has 0 bridgehead atoms. The molecule has 2 saturated heterocycles. The molecule has 2 fully saturated rings. The van der Waals surface area contributed by atoms with Gasteiger partial charge in [-0.2, -0.15) is 0 Å². The highest BCUT2D eigenvalue weighted by Gasteiger charge is 2.51. The zero-order valence-electron chi connectivity index (χ0n) is 24.6. The van der Waals surface area contributed by atoms with Crippen molar-refractivity contribution in [2.45, 2.75) is 67.8 Å². The van der Waals surface area contributed by atoms with Gasteiger partial charge in [-0.05, 0) is 47.9 Å². The van der Waals surface area contributed by atoms with Crippen LogP contribution in [0, 0.1) is 0 Å². The number of esters is 1. The number of rotatable bonds is 12. The highest BCUT2D eigenvalue weighted by Crippen LogP contribution is 2.31. The summed E-state index contributed by atoms with van der Waals surface area (Å²) in [6.45, 7) is -1.40. The number of carbonyl (C=O) groups excluding carboxylic acids is 1. The molecule has 0 spiro atoms. The van der Waals surface area contributed by atoms with Crippen LogP contribution in [0.2, 0.25) is 0 Å². The largest absolute Gasteiger partial charge is 0.504 e. The van der Waals surface area contributed by atoms with Crippen LogP contribution < -0.4 is 4.74 Å². The predicted octanol–water partition coefficient (Wildman–Crippen LogP) is -1.74. The summed E-state index contributed by atoms with van der Waals surface area (Å²) in [5.74, 6) is -1.40. The Morgan fingerprint density at radius 1 is 0.826 bits per heavy atom. The molecule has 4 rings (SSSR count). The zero-order chi connectivity index (χ0) is 33.5. The molecule has 0 radical (unpaired) electrons. The number of carbonyl (C=O) groups is 1. The Kier molecular flexibility index (Phi) is 12.2. The Morgan fingerprint density at radius 3 is 2.24 bits per heavy atom. The second kappa shape index (κ2) is 15.8. The van der Waals surface area contributed by atoms with Crippen molar-refractivity contribution in [1.29, 1.82) is 0 Å². The maximum Gasteiger partial charge on any atom is 0.330 e. The number of phenols is 3. The van der Waals surface area contributed by atoms with Crippen LogP contribution in [0.25, 0.3) is 6.08 Å². The van der Waals surface area contributed by atoms with Gasteiger partial charge in [0.15, 0.2) is 35.6 Å². The van der Waals surface area contributed by atoms with Gasteiger partial charge in [-0.25, -0.2) is 4.79 Å². The molecule has 2 aromatic carbocycles. The predicted molar refractivity (Wildman–Crippen MR) is 153 cm³/mol. The van der Waals surface area contributed by atoms with Gasteiger partial charge in [-0.3, -0.25) is 0 Å². The maximum atomic E-state index is 12.5. The fourth-order valence-electron chi connectivity index (χ4n) is 4.87. The average Bonchev–Trinajstić information content (AvgIpc) is 3.04. The van der Waals surface area contributed by atoms with E-state index in [-0.39, 0.29) is 36.0 Å². The summed E-state index contributed by atoms with van der Waals surface area (Å²) in [5.41, 5.74) is 1.07. The molecule has 254 valence electrons. The number of hydrogen-bond donors (Lipinski definition) is 9. The third kappa shape index (κ3) is 8.42. The van der Waals surface area contributed by atoms with E-state index in [1.807, 2.05) is 0 Å². The number of benzene rings is 2. The molecule has 9 N–H and O–H groups in total. The number of phenolic OH excluding ortho intramolecular Hbond substituents is 3. The molecule has 2 aromatic rings. The first-order chi connectivity index (χ1) is 21.9. The summed E-state index contributed by atoms with van der Waals surface area (Å²) in [6.07, 6.45) is -13.6. The Morgan fingerprint density at radius 2 is 1.54 bits per heavy atom. The monoisotopic (exact) mass is 654 g/mol. The summed E-state index contributed by atoms with van der Waals surface area (Å²) in [4.78, 5) is 12.5. The molecule has 10 atom stereocenters. The molecule has 0 aromatic heterocycles. The average molecular weight is 655 g/mol. The first-order valence-electron chi connectivity index (χ1n) is 14.2. The van der Waals surface area contributed by atoms with Gasteiger partial charge < -0.3 is 74.4 Å². The lowest BCUT2D eigenvalue weighted by Gasteiger charge is -2.46. The third-order valence-corrected chi connectivity index (χ3v) is 7.50. The van der Waals surface area contributed by atoms with Gasteiger partial charge in [-0.1, -0.05) is 12.1 Å². The number of aliphatic hydroxyl groups excluding tert-OH is 6. The Hall–Kier alpha value is -3.55. The molecular formula is C30H38O16. The van der Waals surface area contributed by atoms with E-state index in [4.69, 9.17) is 28.4 Å². The minimum absolute atomic E-state index is 0.0914. The topological polar surface area (TPSA) is 255 Å². The van der Waals surface area contributed by atoms with E-state index >= 15 is 0 Å². The zero-order valence-corrected chi connectivity index (χ0v) is 24.6. The van der Waals surface area contributed by atoms with Gasteiger partial charge in [-0.15, -0.1) is 0 Å². The van der Waals surface area contributed by atoms with E-state index in [9.17, 15) is 50.8 Å². The van der Waals surface area contributed by atoms with E-state index in [1.54, 1.807) is 0 Å². The summed E-state index contributed by atoms with van der Waals surface area (Å²) in [7, 11) is 1.37. The molecule has 16 nitrogen and oxygen atoms in total. The van der Waals surface area contributed by atoms with Crippen LogP contribution in [0.3, 0.4) is 0 Å². The molecule has 2 heterocycles. The van der Waals surface area contributed by atoms with Gasteiger partial charge in [0, 0.05) is 6.08 Å². The van der Waals surface area contributed by atoms with Crippen LogP contribution in [0.4, 0.5) is 0 Å². The first kappa shape index (κ1) is 35.3. The van der Waals surface area contributed by atoms with Crippen molar-refractivity contribution in [3.63, 3.8) is 0 Å². The maximum absolute atomic E-state index is 12.5. The fourth-order valence-corrected chi connectivity index (χ4v) is 4.87. The van der Waals surface area contributed by atoms with Crippen molar-refractivity contribution in [3.8, 4) is 23.0 Å². The van der Waals surface area contributed by atoms with Crippen LogP contribution in [-0.2, 0) is 34.9 Å². The third-order valence-electron chi connectivity index (χ3n) is 7.50. The van der Waals surface area contributed by atoms with Gasteiger partial charge in [0.25, 0.3) is 0 Å². The van der Waals surface area contributed by atoms with Gasteiger partial charge in [0.1, 0.15) is 55.4 Å². The van der Waals surface area contributed by atoms with E-state index in [2.05, 4.69) is 0 Å². The van der Waals surface area contributed by atoms with E-state index in [0.29, 0.717) is 11.1 Å². The minimum Gasteiger partial charge on any atom is -0.504 e. The Balaban J connectivity index is 1.46. The smallest absolute Gasteiger partial charge is 0.330 e. The van der Waals surface area contributed by atoms with Crippen molar-refractivity contribution >= 4 is 12.0 Å². The van der Waals surface area contributed by atoms with Crippen molar-refractivity contribution in [2.75, 3.05) is 26.9 Å². The van der Waals surface area contributed by atoms with E-state index in [0.717, 1.165) is 6.08 Å². The number of aromatic hydroxyl groups is 3. The second-order valence-corrected chi connectivity index (χ2v) is 10.7. The Bertz CT molecular complexity index is 1330. The lowest BCUT2D eigenvalue weighted by molar-refractivity contribution is -0.360. The molecule has 46 heavy (non-hydrogen) atoms. The quantitative estimate of drug-likeness (QED) is 0.0699. The van der Waals surface area contributed by atoms with Gasteiger partial charge in [0.2, 0.25) is 0 Å². The van der Waals surface area contributed by atoms with Crippen molar-refractivity contribution in [2.24, 2.45) is 0 Å². The SMILES string of the molecule is COc1cc(C=CC(=O)OCC2OC(OCCc3ccc(O)c(O)c3)C(O)C(OC3OC(CO)C(O)C(O)C3O)C2O)ccc1O. The minimum atomic E-state index is -1.85. The van der Waals surface area contributed by atoms with Gasteiger partial charge >= 0.3 is 5.97 Å². The number of ether oxygens (including phenoxy) is 6. The molecular weight excluding hydrogens is 616 g/mol. The van der Waals surface area contributed by atoms with Gasteiger partial charge in [0.05, 0.1) is 20.3 Å².